The zero-order chi connectivity index (χ0) is 26.6. The highest BCUT2D eigenvalue weighted by Gasteiger charge is 2.28. The number of hydrogen-bond acceptors (Lipinski definition) is 10. The number of pyridine rings is 1. The van der Waals surface area contributed by atoms with Gasteiger partial charge in [-0.2, -0.15) is 4.98 Å². The Hall–Kier alpha value is -4.74. The fourth-order valence-electron chi connectivity index (χ4n) is 4.10. The SMILES string of the molecule is COc1cccc(OC)c1-n1c(CCC2CC2)nc(O)c(-c2nnc(CNC(=O)c3ccccn3)o2)c1=O. The average molecular weight is 519 g/mol. The predicted octanol–water partition coefficient (Wildman–Crippen LogP) is 2.67. The second kappa shape index (κ2) is 10.7. The Bertz CT molecular complexity index is 1490. The molecule has 1 fully saturated rings. The zero-order valence-electron chi connectivity index (χ0n) is 20.9. The molecule has 1 aliphatic carbocycles. The van der Waals surface area contributed by atoms with Crippen LogP contribution >= 0.6 is 0 Å². The number of aromatic hydroxyl groups is 1. The first kappa shape index (κ1) is 24.9. The third-order valence-corrected chi connectivity index (χ3v) is 6.21. The summed E-state index contributed by atoms with van der Waals surface area (Å²) in [5.41, 5.74) is -0.323. The van der Waals surface area contributed by atoms with Crippen molar-refractivity contribution in [2.45, 2.75) is 32.2 Å². The van der Waals surface area contributed by atoms with Crippen molar-refractivity contribution in [1.29, 1.82) is 0 Å². The molecule has 0 spiro atoms. The molecule has 0 bridgehead atoms. The molecule has 4 aromatic rings. The van der Waals surface area contributed by atoms with Gasteiger partial charge in [-0.05, 0) is 36.6 Å². The molecule has 5 rings (SSSR count). The lowest BCUT2D eigenvalue weighted by atomic mass is 10.1. The van der Waals surface area contributed by atoms with Crippen molar-refractivity contribution in [3.63, 3.8) is 0 Å². The molecule has 0 saturated heterocycles. The number of hydrogen-bond donors (Lipinski definition) is 2. The maximum Gasteiger partial charge on any atom is 0.275 e. The van der Waals surface area contributed by atoms with E-state index >= 15 is 0 Å². The van der Waals surface area contributed by atoms with Gasteiger partial charge in [0.2, 0.25) is 11.8 Å². The Morgan fingerprint density at radius 1 is 1.13 bits per heavy atom. The molecular formula is C26H26N6O6. The molecule has 196 valence electrons. The molecule has 0 atom stereocenters. The fourth-order valence-corrected chi connectivity index (χ4v) is 4.10. The largest absolute Gasteiger partial charge is 0.494 e. The molecule has 3 aromatic heterocycles. The molecule has 12 heteroatoms. The number of nitrogens with zero attached hydrogens (tertiary/aromatic N) is 5. The molecule has 2 N–H and O–H groups in total. The minimum Gasteiger partial charge on any atom is -0.494 e. The third-order valence-electron chi connectivity index (χ3n) is 6.21. The Morgan fingerprint density at radius 3 is 2.55 bits per heavy atom. The second-order valence-electron chi connectivity index (χ2n) is 8.76. The molecular weight excluding hydrogens is 492 g/mol. The summed E-state index contributed by atoms with van der Waals surface area (Å²) in [7, 11) is 2.98. The van der Waals surface area contributed by atoms with Gasteiger partial charge in [-0.15, -0.1) is 10.2 Å². The van der Waals surface area contributed by atoms with Gasteiger partial charge >= 0.3 is 0 Å². The normalized spacial score (nSPS) is 12.8. The van der Waals surface area contributed by atoms with Gasteiger partial charge in [0, 0.05) is 12.6 Å². The molecule has 1 saturated carbocycles. The van der Waals surface area contributed by atoms with Crippen LogP contribution in [0.1, 0.15) is 41.5 Å². The number of aromatic nitrogens is 5. The summed E-state index contributed by atoms with van der Waals surface area (Å²) in [5.74, 6) is 0.539. The molecule has 38 heavy (non-hydrogen) atoms. The highest BCUT2D eigenvalue weighted by atomic mass is 16.5. The number of para-hydroxylation sites is 1. The zero-order valence-corrected chi connectivity index (χ0v) is 20.9. The Balaban J connectivity index is 1.53. The van der Waals surface area contributed by atoms with Crippen LogP contribution in [-0.4, -0.2) is 50.0 Å². The number of methoxy groups -OCH3 is 2. The van der Waals surface area contributed by atoms with Gasteiger partial charge in [-0.3, -0.25) is 19.1 Å². The Labute approximate surface area is 217 Å². The Morgan fingerprint density at radius 2 is 1.89 bits per heavy atom. The predicted molar refractivity (Wildman–Crippen MR) is 134 cm³/mol. The number of nitrogens with one attached hydrogen (secondary N) is 1. The lowest BCUT2D eigenvalue weighted by Gasteiger charge is -2.18. The first-order chi connectivity index (χ1) is 18.5. The van der Waals surface area contributed by atoms with Gasteiger partial charge in [0.1, 0.15) is 28.7 Å². The number of carbonyl (C=O) groups excluding carboxylic acids is 1. The highest BCUT2D eigenvalue weighted by molar-refractivity contribution is 5.92. The minimum absolute atomic E-state index is 0.0299. The molecule has 3 heterocycles. The summed E-state index contributed by atoms with van der Waals surface area (Å²) in [6.07, 6.45) is 5.06. The van der Waals surface area contributed by atoms with Gasteiger partial charge in [0.15, 0.2) is 5.56 Å². The minimum atomic E-state index is -0.626. The van der Waals surface area contributed by atoms with E-state index in [0.29, 0.717) is 35.3 Å². The van der Waals surface area contributed by atoms with Crippen LogP contribution in [0.5, 0.6) is 17.4 Å². The van der Waals surface area contributed by atoms with E-state index in [9.17, 15) is 14.7 Å². The van der Waals surface area contributed by atoms with Crippen molar-refractivity contribution in [2.75, 3.05) is 14.2 Å². The summed E-state index contributed by atoms with van der Waals surface area (Å²) in [6, 6.07) is 10.1. The van der Waals surface area contributed by atoms with Crippen molar-refractivity contribution < 1.29 is 23.8 Å². The van der Waals surface area contributed by atoms with Crippen molar-refractivity contribution in [3.8, 4) is 34.5 Å². The van der Waals surface area contributed by atoms with Gasteiger partial charge in [-0.1, -0.05) is 25.0 Å². The molecule has 1 amide bonds. The standard InChI is InChI=1S/C26H26N6O6/c1-36-17-7-5-8-18(37-2)22(17)32-19(12-11-15-9-10-15)29-24(34)21(26(32)35)25-31-30-20(38-25)14-28-23(33)16-6-3-4-13-27-16/h3-8,13,15,34H,9-12,14H2,1-2H3,(H,28,33). The van der Waals surface area contributed by atoms with Crippen LogP contribution < -0.4 is 20.3 Å². The maximum atomic E-state index is 13.9. The van der Waals surface area contributed by atoms with Crippen molar-refractivity contribution in [3.05, 3.63) is 70.4 Å². The topological polar surface area (TPSA) is 154 Å². The number of rotatable bonds is 10. The highest BCUT2D eigenvalue weighted by Crippen LogP contribution is 2.36. The fraction of sp³-hybridized carbons (Fsp3) is 0.308. The molecule has 0 unspecified atom stereocenters. The van der Waals surface area contributed by atoms with E-state index in [-0.39, 0.29) is 29.6 Å². The summed E-state index contributed by atoms with van der Waals surface area (Å²) in [6.45, 7) is -0.107. The number of aryl methyl sites for hydroxylation is 1. The lowest BCUT2D eigenvalue weighted by molar-refractivity contribution is 0.0942. The van der Waals surface area contributed by atoms with Gasteiger partial charge < -0.3 is 24.3 Å². The van der Waals surface area contributed by atoms with E-state index < -0.39 is 17.3 Å². The Kier molecular flexibility index (Phi) is 7.03. The van der Waals surface area contributed by atoms with Crippen LogP contribution in [0.4, 0.5) is 0 Å². The molecule has 1 aromatic carbocycles. The van der Waals surface area contributed by atoms with Gasteiger partial charge in [0.25, 0.3) is 17.4 Å². The van der Waals surface area contributed by atoms with Crippen LogP contribution in [0, 0.1) is 5.92 Å². The van der Waals surface area contributed by atoms with Crippen LogP contribution in [-0.2, 0) is 13.0 Å². The van der Waals surface area contributed by atoms with E-state index in [0.717, 1.165) is 19.3 Å². The molecule has 12 nitrogen and oxygen atoms in total. The van der Waals surface area contributed by atoms with E-state index in [1.165, 1.54) is 25.0 Å². The average Bonchev–Trinajstić information content (AvgIpc) is 3.66. The number of carbonyl (C=O) groups is 1. The second-order valence-corrected chi connectivity index (χ2v) is 8.76. The van der Waals surface area contributed by atoms with Crippen LogP contribution in [0.2, 0.25) is 0 Å². The van der Waals surface area contributed by atoms with Crippen LogP contribution in [0.3, 0.4) is 0 Å². The smallest absolute Gasteiger partial charge is 0.275 e. The van der Waals surface area contributed by atoms with Crippen LogP contribution in [0.15, 0.2) is 51.8 Å². The van der Waals surface area contributed by atoms with Crippen LogP contribution in [0.25, 0.3) is 17.1 Å². The first-order valence-electron chi connectivity index (χ1n) is 12.1. The quantitative estimate of drug-likeness (QED) is 0.320. The first-order valence-corrected chi connectivity index (χ1v) is 12.1. The van der Waals surface area contributed by atoms with Gasteiger partial charge in [0.05, 0.1) is 20.8 Å². The summed E-state index contributed by atoms with van der Waals surface area (Å²) in [4.78, 5) is 34.5. The summed E-state index contributed by atoms with van der Waals surface area (Å²) in [5, 5.41) is 21.3. The number of benzene rings is 1. The summed E-state index contributed by atoms with van der Waals surface area (Å²) >= 11 is 0. The number of ether oxygens (including phenoxy) is 2. The lowest BCUT2D eigenvalue weighted by Crippen LogP contribution is -2.26. The third kappa shape index (κ3) is 5.05. The van der Waals surface area contributed by atoms with E-state index in [1.54, 1.807) is 36.4 Å². The molecule has 0 aliphatic heterocycles. The van der Waals surface area contributed by atoms with Crippen molar-refractivity contribution in [2.24, 2.45) is 5.92 Å². The maximum absolute atomic E-state index is 13.9. The number of amides is 1. The van der Waals surface area contributed by atoms with Crippen molar-refractivity contribution >= 4 is 5.91 Å². The van der Waals surface area contributed by atoms with Gasteiger partial charge in [-0.25, -0.2) is 0 Å². The molecule has 1 aliphatic rings. The van der Waals surface area contributed by atoms with E-state index in [2.05, 4.69) is 25.5 Å². The summed E-state index contributed by atoms with van der Waals surface area (Å²) < 4.78 is 18.1. The van der Waals surface area contributed by atoms with E-state index in [4.69, 9.17) is 13.9 Å². The van der Waals surface area contributed by atoms with E-state index in [1.807, 2.05) is 0 Å². The van der Waals surface area contributed by atoms with Crippen molar-refractivity contribution in [1.82, 2.24) is 30.0 Å². The monoisotopic (exact) mass is 518 g/mol. The molecule has 0 radical (unpaired) electrons.